The molecule has 1 unspecified atom stereocenters. The van der Waals surface area contributed by atoms with Gasteiger partial charge in [-0.25, -0.2) is 4.98 Å². The highest BCUT2D eigenvalue weighted by Gasteiger charge is 2.27. The van der Waals surface area contributed by atoms with Crippen molar-refractivity contribution < 1.29 is 5.11 Å². The Morgan fingerprint density at radius 1 is 1.28 bits per heavy atom. The molecule has 0 aromatic carbocycles. The van der Waals surface area contributed by atoms with Crippen LogP contribution in [0.5, 0.6) is 0 Å². The molecule has 2 aliphatic rings. The molecule has 1 aromatic rings. The van der Waals surface area contributed by atoms with Gasteiger partial charge >= 0.3 is 0 Å². The molecule has 1 N–H and O–H groups in total. The topological polar surface area (TPSA) is 41.3 Å². The normalized spacial score (nSPS) is 25.1. The molecule has 0 saturated carbocycles. The summed E-state index contributed by atoms with van der Waals surface area (Å²) in [5.41, 5.74) is 2.23. The number of likely N-dealkylation sites (N-methyl/N-ethyl adjacent to an activating group) is 1. The van der Waals surface area contributed by atoms with E-state index in [1.165, 1.54) is 43.7 Å². The van der Waals surface area contributed by atoms with Gasteiger partial charge in [0, 0.05) is 24.7 Å². The van der Waals surface area contributed by atoms with Crippen molar-refractivity contribution in [1.82, 2.24) is 14.5 Å². The molecule has 1 saturated heterocycles. The zero-order valence-corrected chi connectivity index (χ0v) is 11.2. The lowest BCUT2D eigenvalue weighted by atomic mass is 9.97. The number of hydrogen-bond donors (Lipinski definition) is 1. The van der Waals surface area contributed by atoms with Gasteiger partial charge in [0.15, 0.2) is 0 Å². The summed E-state index contributed by atoms with van der Waals surface area (Å²) in [6.45, 7) is 3.51. The predicted octanol–water partition coefficient (Wildman–Crippen LogP) is 1.52. The highest BCUT2D eigenvalue weighted by Crippen LogP contribution is 2.30. The van der Waals surface area contributed by atoms with Gasteiger partial charge in [-0.05, 0) is 45.7 Å². The van der Waals surface area contributed by atoms with E-state index in [2.05, 4.69) is 16.5 Å². The highest BCUT2D eigenvalue weighted by molar-refractivity contribution is 5.21. The first-order valence-electron chi connectivity index (χ1n) is 7.17. The van der Waals surface area contributed by atoms with Gasteiger partial charge in [-0.3, -0.25) is 0 Å². The summed E-state index contributed by atoms with van der Waals surface area (Å²) in [6, 6.07) is 0. The number of rotatable bonds is 2. The first-order chi connectivity index (χ1) is 8.79. The van der Waals surface area contributed by atoms with Crippen LogP contribution in [0, 0.1) is 0 Å². The Hall–Kier alpha value is -0.870. The van der Waals surface area contributed by atoms with Gasteiger partial charge in [-0.15, -0.1) is 0 Å². The van der Waals surface area contributed by atoms with Crippen molar-refractivity contribution >= 4 is 0 Å². The van der Waals surface area contributed by atoms with Gasteiger partial charge in [0.25, 0.3) is 0 Å². The fourth-order valence-corrected chi connectivity index (χ4v) is 3.46. The Morgan fingerprint density at radius 3 is 2.94 bits per heavy atom. The van der Waals surface area contributed by atoms with E-state index in [0.717, 1.165) is 25.2 Å². The van der Waals surface area contributed by atoms with Gasteiger partial charge in [0.2, 0.25) is 0 Å². The van der Waals surface area contributed by atoms with E-state index < -0.39 is 0 Å². The first-order valence-corrected chi connectivity index (χ1v) is 7.17. The minimum Gasteiger partial charge on any atom is -0.390 e. The van der Waals surface area contributed by atoms with Crippen LogP contribution in [0.3, 0.4) is 0 Å². The van der Waals surface area contributed by atoms with Crippen LogP contribution in [-0.2, 0) is 19.6 Å². The Bertz CT molecular complexity index is 427. The lowest BCUT2D eigenvalue weighted by molar-refractivity contribution is 0.241. The largest absolute Gasteiger partial charge is 0.390 e. The van der Waals surface area contributed by atoms with E-state index in [1.807, 2.05) is 0 Å². The molecule has 1 atom stereocenters. The molecule has 0 bridgehead atoms. The van der Waals surface area contributed by atoms with E-state index in [0.29, 0.717) is 5.92 Å². The molecule has 100 valence electrons. The molecule has 1 aromatic heterocycles. The summed E-state index contributed by atoms with van der Waals surface area (Å²) in [7, 11) is 2.19. The third-order valence-electron chi connectivity index (χ3n) is 4.37. The van der Waals surface area contributed by atoms with E-state index >= 15 is 0 Å². The summed E-state index contributed by atoms with van der Waals surface area (Å²) in [6.07, 6.45) is 6.08. The Morgan fingerprint density at radius 2 is 2.17 bits per heavy atom. The van der Waals surface area contributed by atoms with Crippen molar-refractivity contribution in [3.8, 4) is 0 Å². The average Bonchev–Trinajstić information content (AvgIpc) is 2.77. The zero-order chi connectivity index (χ0) is 12.5. The Kier molecular flexibility index (Phi) is 3.39. The van der Waals surface area contributed by atoms with E-state index in [4.69, 9.17) is 4.98 Å². The maximum absolute atomic E-state index is 9.47. The van der Waals surface area contributed by atoms with Gasteiger partial charge in [0.1, 0.15) is 5.82 Å². The molecule has 4 heteroatoms. The molecule has 18 heavy (non-hydrogen) atoms. The molecule has 2 aliphatic heterocycles. The Balaban J connectivity index is 1.93. The first kappa shape index (κ1) is 12.2. The van der Waals surface area contributed by atoms with Crippen molar-refractivity contribution in [2.24, 2.45) is 0 Å². The van der Waals surface area contributed by atoms with Crippen LogP contribution in [0.15, 0.2) is 0 Å². The lowest BCUT2D eigenvalue weighted by Gasteiger charge is -2.30. The number of imidazole rings is 1. The maximum Gasteiger partial charge on any atom is 0.113 e. The van der Waals surface area contributed by atoms with Crippen molar-refractivity contribution in [1.29, 1.82) is 0 Å². The number of hydrogen-bond acceptors (Lipinski definition) is 3. The SMILES string of the molecule is CN1CCCC(c2nc(CO)c3n2CCCC3)C1. The monoisotopic (exact) mass is 249 g/mol. The maximum atomic E-state index is 9.47. The van der Waals surface area contributed by atoms with Gasteiger partial charge in [-0.1, -0.05) is 0 Å². The third kappa shape index (κ3) is 2.08. The number of fused-ring (bicyclic) bond motifs is 1. The number of nitrogens with zero attached hydrogens (tertiary/aromatic N) is 3. The summed E-state index contributed by atoms with van der Waals surface area (Å²) >= 11 is 0. The van der Waals surface area contributed by atoms with E-state index in [1.54, 1.807) is 0 Å². The van der Waals surface area contributed by atoms with Crippen LogP contribution in [0.2, 0.25) is 0 Å². The minimum absolute atomic E-state index is 0.0951. The fourth-order valence-electron chi connectivity index (χ4n) is 3.46. The summed E-state index contributed by atoms with van der Waals surface area (Å²) in [5, 5.41) is 9.47. The molecular weight excluding hydrogens is 226 g/mol. The van der Waals surface area contributed by atoms with Crippen molar-refractivity contribution in [2.45, 2.75) is 51.2 Å². The fraction of sp³-hybridized carbons (Fsp3) is 0.786. The smallest absolute Gasteiger partial charge is 0.113 e. The van der Waals surface area contributed by atoms with E-state index in [-0.39, 0.29) is 6.61 Å². The van der Waals surface area contributed by atoms with Gasteiger partial charge in [0.05, 0.1) is 12.3 Å². The quantitative estimate of drug-likeness (QED) is 0.864. The van der Waals surface area contributed by atoms with Crippen LogP contribution >= 0.6 is 0 Å². The Labute approximate surface area is 109 Å². The van der Waals surface area contributed by atoms with Crippen LogP contribution in [-0.4, -0.2) is 39.7 Å². The van der Waals surface area contributed by atoms with Crippen LogP contribution in [0.1, 0.15) is 48.8 Å². The van der Waals surface area contributed by atoms with Crippen molar-refractivity contribution in [3.63, 3.8) is 0 Å². The molecular formula is C14H23N3O. The standard InChI is InChI=1S/C14H23N3O/c1-16-7-4-5-11(9-16)14-15-12(10-18)13-6-2-3-8-17(13)14/h11,18H,2-10H2,1H3. The van der Waals surface area contributed by atoms with Crippen LogP contribution in [0.4, 0.5) is 0 Å². The molecule has 3 heterocycles. The minimum atomic E-state index is 0.0951. The molecule has 0 amide bonds. The van der Waals surface area contributed by atoms with Gasteiger partial charge in [-0.2, -0.15) is 0 Å². The molecule has 0 spiro atoms. The number of aliphatic hydroxyl groups is 1. The molecule has 1 fully saturated rings. The molecule has 0 radical (unpaired) electrons. The number of aliphatic hydroxyl groups excluding tert-OH is 1. The molecule has 3 rings (SSSR count). The number of piperidine rings is 1. The summed E-state index contributed by atoms with van der Waals surface area (Å²) in [5.74, 6) is 1.79. The molecule has 0 aliphatic carbocycles. The number of likely N-dealkylation sites (tertiary alicyclic amines) is 1. The third-order valence-corrected chi connectivity index (χ3v) is 4.37. The second kappa shape index (κ2) is 5.02. The highest BCUT2D eigenvalue weighted by atomic mass is 16.3. The number of aromatic nitrogens is 2. The zero-order valence-electron chi connectivity index (χ0n) is 11.2. The predicted molar refractivity (Wildman–Crippen MR) is 70.6 cm³/mol. The van der Waals surface area contributed by atoms with Crippen molar-refractivity contribution in [2.75, 3.05) is 20.1 Å². The second-order valence-electron chi connectivity index (χ2n) is 5.73. The summed E-state index contributed by atoms with van der Waals surface area (Å²) in [4.78, 5) is 7.15. The van der Waals surface area contributed by atoms with Crippen LogP contribution in [0.25, 0.3) is 0 Å². The van der Waals surface area contributed by atoms with Crippen LogP contribution < -0.4 is 0 Å². The second-order valence-corrected chi connectivity index (χ2v) is 5.73. The summed E-state index contributed by atoms with van der Waals surface area (Å²) < 4.78 is 2.40. The lowest BCUT2D eigenvalue weighted by Crippen LogP contribution is -2.32. The van der Waals surface area contributed by atoms with Crippen molar-refractivity contribution in [3.05, 3.63) is 17.2 Å². The average molecular weight is 249 g/mol. The van der Waals surface area contributed by atoms with Gasteiger partial charge < -0.3 is 14.6 Å². The molecule has 4 nitrogen and oxygen atoms in total. The van der Waals surface area contributed by atoms with E-state index in [9.17, 15) is 5.11 Å².